The van der Waals surface area contributed by atoms with E-state index in [1.165, 1.54) is 98.8 Å². The van der Waals surface area contributed by atoms with Crippen molar-refractivity contribution < 1.29 is 0 Å². The lowest BCUT2D eigenvalue weighted by Gasteiger charge is -2.32. The number of aryl methyl sites for hydroxylation is 1. The van der Waals surface area contributed by atoms with Crippen LogP contribution in [0.15, 0.2) is 79.0 Å². The molecule has 166 valence electrons. The fourth-order valence-corrected chi connectivity index (χ4v) is 6.74. The first-order valence-electron chi connectivity index (χ1n) is 13.1. The standard InChI is InChI=1S/C32H30BN/c1-2-3-4-5-6-7-20-34-21-28-31-24(15-11-19-29(31)34)26-17-10-16-25-23-14-8-12-22-13-9-18-27(30(22)23)33(28)32(25)26/h8-19,21H,2-7,20H2,1H3. The molecular formula is C32H30BN. The highest BCUT2D eigenvalue weighted by Gasteiger charge is 2.39. The van der Waals surface area contributed by atoms with Crippen LogP contribution in [-0.4, -0.2) is 11.3 Å². The fraction of sp³-hybridized carbons (Fsp3) is 0.250. The Morgan fingerprint density at radius 2 is 1.26 bits per heavy atom. The summed E-state index contributed by atoms with van der Waals surface area (Å²) in [5.74, 6) is 0. The van der Waals surface area contributed by atoms with Crippen LogP contribution in [0.3, 0.4) is 0 Å². The number of benzene rings is 4. The number of fused-ring (bicyclic) bond motifs is 4. The predicted octanol–water partition coefficient (Wildman–Crippen LogP) is 6.63. The lowest BCUT2D eigenvalue weighted by Crippen LogP contribution is -2.56. The first-order valence-corrected chi connectivity index (χ1v) is 13.1. The molecule has 1 nitrogen and oxygen atoms in total. The van der Waals surface area contributed by atoms with Crippen LogP contribution in [0, 0.1) is 0 Å². The lowest BCUT2D eigenvalue weighted by atomic mass is 9.31. The first-order chi connectivity index (χ1) is 16.9. The van der Waals surface area contributed by atoms with Gasteiger partial charge in [-0.05, 0) is 51.0 Å². The molecule has 0 atom stereocenters. The summed E-state index contributed by atoms with van der Waals surface area (Å²) in [4.78, 5) is 0. The average Bonchev–Trinajstić information content (AvgIpc) is 3.25. The van der Waals surface area contributed by atoms with Crippen molar-refractivity contribution in [3.63, 3.8) is 0 Å². The summed E-state index contributed by atoms with van der Waals surface area (Å²) in [5, 5.41) is 4.27. The van der Waals surface area contributed by atoms with Crippen molar-refractivity contribution in [1.82, 2.24) is 4.57 Å². The van der Waals surface area contributed by atoms with E-state index in [4.69, 9.17) is 0 Å². The van der Waals surface area contributed by atoms with Crippen LogP contribution >= 0.6 is 0 Å². The number of nitrogens with zero attached hydrogens (tertiary/aromatic N) is 1. The molecule has 5 aromatic rings. The van der Waals surface area contributed by atoms with E-state index in [1.54, 1.807) is 0 Å². The molecule has 34 heavy (non-hydrogen) atoms. The van der Waals surface area contributed by atoms with Gasteiger partial charge in [0.2, 0.25) is 6.71 Å². The molecule has 0 amide bonds. The van der Waals surface area contributed by atoms with Crippen LogP contribution in [0.2, 0.25) is 0 Å². The van der Waals surface area contributed by atoms with Crippen LogP contribution in [0.1, 0.15) is 45.4 Å². The van der Waals surface area contributed by atoms with E-state index >= 15 is 0 Å². The second-order valence-corrected chi connectivity index (χ2v) is 10.2. The van der Waals surface area contributed by atoms with Gasteiger partial charge in [0.15, 0.2) is 0 Å². The van der Waals surface area contributed by atoms with Crippen LogP contribution in [0.5, 0.6) is 0 Å². The summed E-state index contributed by atoms with van der Waals surface area (Å²) in [5.41, 5.74) is 11.5. The lowest BCUT2D eigenvalue weighted by molar-refractivity contribution is 0.566. The number of rotatable bonds is 7. The normalized spacial score (nSPS) is 13.0. The smallest absolute Gasteiger partial charge is 0.246 e. The third-order valence-electron chi connectivity index (χ3n) is 8.22. The molecule has 0 radical (unpaired) electrons. The first kappa shape index (κ1) is 20.1. The van der Waals surface area contributed by atoms with Crippen LogP contribution < -0.4 is 16.4 Å². The molecule has 0 bridgehead atoms. The summed E-state index contributed by atoms with van der Waals surface area (Å²) in [6.07, 6.45) is 10.5. The number of hydrogen-bond acceptors (Lipinski definition) is 0. The van der Waals surface area contributed by atoms with Crippen molar-refractivity contribution in [2.24, 2.45) is 0 Å². The largest absolute Gasteiger partial charge is 0.348 e. The van der Waals surface area contributed by atoms with Gasteiger partial charge < -0.3 is 4.57 Å². The van der Waals surface area contributed by atoms with Crippen molar-refractivity contribution in [1.29, 1.82) is 0 Å². The zero-order valence-electron chi connectivity index (χ0n) is 20.0. The van der Waals surface area contributed by atoms with Gasteiger partial charge in [-0.1, -0.05) is 117 Å². The summed E-state index contributed by atoms with van der Waals surface area (Å²) in [7, 11) is 0. The molecule has 2 heteroatoms. The van der Waals surface area contributed by atoms with Gasteiger partial charge in [0.1, 0.15) is 0 Å². The van der Waals surface area contributed by atoms with E-state index in [9.17, 15) is 0 Å². The van der Waals surface area contributed by atoms with E-state index < -0.39 is 0 Å². The minimum absolute atomic E-state index is 0.313. The highest BCUT2D eigenvalue weighted by molar-refractivity contribution is 7.01. The quantitative estimate of drug-likeness (QED) is 0.194. The molecule has 1 aromatic heterocycles. The predicted molar refractivity (Wildman–Crippen MR) is 148 cm³/mol. The molecule has 0 saturated carbocycles. The van der Waals surface area contributed by atoms with Crippen molar-refractivity contribution in [3.05, 3.63) is 79.0 Å². The average molecular weight is 439 g/mol. The topological polar surface area (TPSA) is 4.93 Å². The van der Waals surface area contributed by atoms with Gasteiger partial charge in [0.25, 0.3) is 0 Å². The summed E-state index contributed by atoms with van der Waals surface area (Å²) >= 11 is 0. The van der Waals surface area contributed by atoms with E-state index in [-0.39, 0.29) is 0 Å². The third kappa shape index (κ3) is 2.81. The molecule has 2 aliphatic heterocycles. The van der Waals surface area contributed by atoms with E-state index in [0.717, 1.165) is 6.54 Å². The van der Waals surface area contributed by atoms with Gasteiger partial charge in [0.05, 0.1) is 0 Å². The minimum atomic E-state index is 0.313. The van der Waals surface area contributed by atoms with Crippen molar-refractivity contribution in [3.8, 4) is 22.3 Å². The summed E-state index contributed by atoms with van der Waals surface area (Å²) in [6, 6.07) is 27.6. The molecule has 7 rings (SSSR count). The van der Waals surface area contributed by atoms with Gasteiger partial charge in [-0.3, -0.25) is 0 Å². The van der Waals surface area contributed by atoms with Crippen molar-refractivity contribution in [2.45, 2.75) is 52.0 Å². The maximum absolute atomic E-state index is 2.56. The SMILES string of the molecule is CCCCCCCCn1cc2c3c(cccc31)-c1cccc3c1B2c1cccc2cccc-3c12. The number of aromatic nitrogens is 1. The molecule has 0 aliphatic carbocycles. The molecule has 0 N–H and O–H groups in total. The third-order valence-corrected chi connectivity index (χ3v) is 8.22. The molecule has 0 spiro atoms. The van der Waals surface area contributed by atoms with Gasteiger partial charge in [-0.25, -0.2) is 0 Å². The van der Waals surface area contributed by atoms with Crippen LogP contribution in [-0.2, 0) is 6.54 Å². The van der Waals surface area contributed by atoms with Crippen LogP contribution in [0.25, 0.3) is 43.9 Å². The molecule has 3 heterocycles. The van der Waals surface area contributed by atoms with Gasteiger partial charge in [-0.15, -0.1) is 0 Å². The Kier molecular flexibility index (Phi) is 4.69. The highest BCUT2D eigenvalue weighted by atomic mass is 15.0. The van der Waals surface area contributed by atoms with Gasteiger partial charge in [0, 0.05) is 23.6 Å². The fourth-order valence-electron chi connectivity index (χ4n) is 6.74. The maximum Gasteiger partial charge on any atom is 0.246 e. The Morgan fingerprint density at radius 3 is 2.09 bits per heavy atom. The van der Waals surface area contributed by atoms with Gasteiger partial charge in [-0.2, -0.15) is 0 Å². The van der Waals surface area contributed by atoms with E-state index in [2.05, 4.69) is 90.5 Å². The Labute approximate surface area is 202 Å². The molecule has 0 fully saturated rings. The Hall–Kier alpha value is -3.26. The molecule has 0 unspecified atom stereocenters. The molecule has 2 aliphatic rings. The van der Waals surface area contributed by atoms with E-state index in [1.807, 2.05) is 0 Å². The molecule has 0 saturated heterocycles. The van der Waals surface area contributed by atoms with E-state index in [0.29, 0.717) is 6.71 Å². The zero-order valence-corrected chi connectivity index (χ0v) is 20.0. The van der Waals surface area contributed by atoms with Crippen molar-refractivity contribution in [2.75, 3.05) is 0 Å². The summed E-state index contributed by atoms with van der Waals surface area (Å²) < 4.78 is 2.56. The zero-order chi connectivity index (χ0) is 22.6. The van der Waals surface area contributed by atoms with Crippen LogP contribution in [0.4, 0.5) is 0 Å². The Morgan fingerprint density at radius 1 is 0.618 bits per heavy atom. The maximum atomic E-state index is 2.56. The number of unbranched alkanes of at least 4 members (excludes halogenated alkanes) is 5. The highest BCUT2D eigenvalue weighted by Crippen LogP contribution is 2.38. The Bertz CT molecular complexity index is 1550. The minimum Gasteiger partial charge on any atom is -0.348 e. The summed E-state index contributed by atoms with van der Waals surface area (Å²) in [6.45, 7) is 3.72. The van der Waals surface area contributed by atoms with Gasteiger partial charge >= 0.3 is 0 Å². The second kappa shape index (κ2) is 7.91. The van der Waals surface area contributed by atoms with Crippen molar-refractivity contribution >= 4 is 44.8 Å². The monoisotopic (exact) mass is 439 g/mol. The molecule has 4 aromatic carbocycles. The molecular weight excluding hydrogens is 409 g/mol. The Balaban J connectivity index is 1.41. The second-order valence-electron chi connectivity index (χ2n) is 10.2. The number of hydrogen-bond donors (Lipinski definition) is 0.